The van der Waals surface area contributed by atoms with Crippen LogP contribution in [0.2, 0.25) is 0 Å². The number of allylic oxidation sites excluding steroid dienone is 12. The molecule has 0 fully saturated rings. The van der Waals surface area contributed by atoms with Crippen molar-refractivity contribution in [3.63, 3.8) is 0 Å². The third-order valence-electron chi connectivity index (χ3n) is 15.0. The van der Waals surface area contributed by atoms with E-state index in [1.54, 1.807) is 0 Å². The molecule has 470 valence electrons. The maximum Gasteiger partial charge on any atom is 0.306 e. The normalized spacial score (nSPS) is 13.1. The second kappa shape index (κ2) is 62.8. The van der Waals surface area contributed by atoms with E-state index in [4.69, 9.17) is 18.9 Å². The summed E-state index contributed by atoms with van der Waals surface area (Å²) >= 11 is 0. The molecule has 0 saturated heterocycles. The van der Waals surface area contributed by atoms with Crippen LogP contribution in [-0.2, 0) is 33.3 Å². The van der Waals surface area contributed by atoms with Gasteiger partial charge < -0.3 is 33.3 Å². The van der Waals surface area contributed by atoms with Crippen LogP contribution < -0.4 is 5.11 Å². The lowest BCUT2D eigenvalue weighted by molar-refractivity contribution is -0.870. The first-order chi connectivity index (χ1) is 39.6. The third kappa shape index (κ3) is 64.1. The van der Waals surface area contributed by atoms with Crippen molar-refractivity contribution < 1.29 is 42.9 Å². The minimum Gasteiger partial charge on any atom is -0.545 e. The van der Waals surface area contributed by atoms with Crippen molar-refractivity contribution in [2.45, 2.75) is 322 Å². The maximum absolute atomic E-state index is 12.9. The van der Waals surface area contributed by atoms with Crippen molar-refractivity contribution >= 4 is 17.9 Å². The average molecular weight is 1140 g/mol. The average Bonchev–Trinajstić information content (AvgIpc) is 3.44. The van der Waals surface area contributed by atoms with Crippen LogP contribution in [0.25, 0.3) is 0 Å². The summed E-state index contributed by atoms with van der Waals surface area (Å²) in [5.41, 5.74) is 0. The van der Waals surface area contributed by atoms with E-state index in [1.165, 1.54) is 205 Å². The fraction of sp³-hybridized carbons (Fsp3) is 0.792. The molecule has 0 aromatic heterocycles. The number of hydrogen-bond acceptors (Lipinski definition) is 8. The van der Waals surface area contributed by atoms with Crippen LogP contribution in [0.5, 0.6) is 0 Å². The highest BCUT2D eigenvalue weighted by molar-refractivity contribution is 5.70. The molecule has 0 aromatic carbocycles. The van der Waals surface area contributed by atoms with E-state index in [0.29, 0.717) is 23.9 Å². The quantitative estimate of drug-likeness (QED) is 0.0195. The maximum atomic E-state index is 12.9. The lowest BCUT2D eigenvalue weighted by Crippen LogP contribution is -2.44. The van der Waals surface area contributed by atoms with Crippen molar-refractivity contribution in [1.82, 2.24) is 0 Å². The summed E-state index contributed by atoms with van der Waals surface area (Å²) < 4.78 is 22.8. The fourth-order valence-electron chi connectivity index (χ4n) is 9.78. The number of nitrogens with zero attached hydrogens (tertiary/aromatic N) is 1. The topological polar surface area (TPSA) is 111 Å². The van der Waals surface area contributed by atoms with Gasteiger partial charge in [0.2, 0.25) is 0 Å². The molecule has 0 bridgehead atoms. The predicted octanol–water partition coefficient (Wildman–Crippen LogP) is 19.6. The SMILES string of the molecule is CC/C=C\C/C=C\C/C=C\C/C=C\C/C=C\C/C=C\CCCCCCCCCCCCCCCCCCCCCCC(=O)OC(COC(=O)CCCCCCCCCCCCCCCCCCC)COC(OCC[N+](C)(C)C)C(=O)[O-]. The number of unbranched alkanes of at least 4 members (excludes halogenated alkanes) is 36. The van der Waals surface area contributed by atoms with Gasteiger partial charge in [-0.25, -0.2) is 0 Å². The molecular weight excluding hydrogens is 1010 g/mol. The van der Waals surface area contributed by atoms with Gasteiger partial charge in [0.1, 0.15) is 13.2 Å². The van der Waals surface area contributed by atoms with E-state index in [0.717, 1.165) is 70.6 Å². The molecule has 2 atom stereocenters. The van der Waals surface area contributed by atoms with Crippen molar-refractivity contribution in [2.24, 2.45) is 0 Å². The summed E-state index contributed by atoms with van der Waals surface area (Å²) in [4.78, 5) is 37.4. The largest absolute Gasteiger partial charge is 0.545 e. The molecule has 9 nitrogen and oxygen atoms in total. The molecule has 0 spiro atoms. The van der Waals surface area contributed by atoms with Crippen LogP contribution in [-0.4, -0.2) is 82.3 Å². The Balaban J connectivity index is 4.00. The first-order valence-corrected chi connectivity index (χ1v) is 34.1. The minimum absolute atomic E-state index is 0.149. The number of carbonyl (C=O) groups is 3. The lowest BCUT2D eigenvalue weighted by Gasteiger charge is -2.26. The Morgan fingerprint density at radius 1 is 0.383 bits per heavy atom. The number of esters is 2. The van der Waals surface area contributed by atoms with Crippen LogP contribution >= 0.6 is 0 Å². The highest BCUT2D eigenvalue weighted by Crippen LogP contribution is 2.18. The van der Waals surface area contributed by atoms with E-state index in [2.05, 4.69) is 86.8 Å². The Morgan fingerprint density at radius 2 is 0.704 bits per heavy atom. The van der Waals surface area contributed by atoms with Gasteiger partial charge in [-0.05, 0) is 64.2 Å². The molecule has 0 aromatic rings. The number of carbonyl (C=O) groups excluding carboxylic acids is 3. The number of carboxylic acid groups (broad SMARTS) is 1. The number of aliphatic carboxylic acids is 1. The van der Waals surface area contributed by atoms with Crippen LogP contribution in [0.15, 0.2) is 72.9 Å². The summed E-state index contributed by atoms with van der Waals surface area (Å²) in [6.45, 7) is 4.68. The number of carboxylic acids is 1. The number of likely N-dealkylation sites (N-methyl/N-ethyl adjacent to an activating group) is 1. The molecular formula is C72H129NO8. The highest BCUT2D eigenvalue weighted by Gasteiger charge is 2.22. The van der Waals surface area contributed by atoms with Gasteiger partial charge in [0, 0.05) is 12.8 Å². The molecule has 0 saturated carbocycles. The molecule has 0 aliphatic rings. The summed E-state index contributed by atoms with van der Waals surface area (Å²) in [5.74, 6) is -2.26. The van der Waals surface area contributed by atoms with E-state index in [1.807, 2.05) is 21.1 Å². The van der Waals surface area contributed by atoms with Crippen LogP contribution in [0.4, 0.5) is 0 Å². The number of rotatable bonds is 63. The molecule has 0 radical (unpaired) electrons. The first-order valence-electron chi connectivity index (χ1n) is 34.1. The lowest BCUT2D eigenvalue weighted by atomic mass is 10.0. The van der Waals surface area contributed by atoms with Gasteiger partial charge in [-0.1, -0.05) is 305 Å². The van der Waals surface area contributed by atoms with Gasteiger partial charge >= 0.3 is 11.9 Å². The van der Waals surface area contributed by atoms with Crippen LogP contribution in [0, 0.1) is 0 Å². The van der Waals surface area contributed by atoms with E-state index < -0.39 is 24.3 Å². The zero-order valence-electron chi connectivity index (χ0n) is 53.7. The Bertz CT molecular complexity index is 1560. The zero-order valence-corrected chi connectivity index (χ0v) is 53.7. The van der Waals surface area contributed by atoms with Gasteiger partial charge in [-0.15, -0.1) is 0 Å². The summed E-state index contributed by atoms with van der Waals surface area (Å²) in [6.07, 6.45) is 79.9. The third-order valence-corrected chi connectivity index (χ3v) is 15.0. The highest BCUT2D eigenvalue weighted by atomic mass is 16.7. The van der Waals surface area contributed by atoms with Gasteiger partial charge in [-0.2, -0.15) is 0 Å². The molecule has 0 aliphatic heterocycles. The van der Waals surface area contributed by atoms with Crippen LogP contribution in [0.3, 0.4) is 0 Å². The Kier molecular flexibility index (Phi) is 60.2. The van der Waals surface area contributed by atoms with Gasteiger partial charge in [0.15, 0.2) is 12.4 Å². The molecule has 0 aliphatic carbocycles. The molecule has 0 N–H and O–H groups in total. The molecule has 9 heteroatoms. The molecule has 81 heavy (non-hydrogen) atoms. The van der Waals surface area contributed by atoms with Gasteiger partial charge in [0.25, 0.3) is 0 Å². The Morgan fingerprint density at radius 3 is 1.05 bits per heavy atom. The Labute approximate surface area is 500 Å². The van der Waals surface area contributed by atoms with Gasteiger partial charge in [-0.3, -0.25) is 9.59 Å². The molecule has 0 rings (SSSR count). The molecule has 2 unspecified atom stereocenters. The van der Waals surface area contributed by atoms with Crippen molar-refractivity contribution in [2.75, 3.05) is 47.5 Å². The first kappa shape index (κ1) is 77.7. The van der Waals surface area contributed by atoms with Gasteiger partial charge in [0.05, 0.1) is 40.3 Å². The number of quaternary nitrogens is 1. The van der Waals surface area contributed by atoms with E-state index in [-0.39, 0.29) is 32.2 Å². The standard InChI is InChI=1S/C72H129NO8/c1-6-8-10-12-14-16-18-20-22-24-25-26-27-28-29-30-31-32-33-34-35-36-37-38-39-40-41-42-43-44-45-47-49-51-53-55-57-59-61-63-70(75)81-68(67-80-72(71(76)77)78-65-64-73(3,4)5)66-79-69(74)62-60-58-56-54-52-50-48-46-23-21-19-17-15-13-11-9-7-2/h8,10,14,16,20,22,25-26,28-29,31-32,68,72H,6-7,9,11-13,15,17-19,21,23-24,27,30,33-67H2,1-5H3/b10-8-,16-14-,22-20-,26-25-,29-28-,32-31-. The summed E-state index contributed by atoms with van der Waals surface area (Å²) in [6, 6.07) is 0. The predicted molar refractivity (Wildman–Crippen MR) is 343 cm³/mol. The van der Waals surface area contributed by atoms with Crippen molar-refractivity contribution in [3.8, 4) is 0 Å². The Hall–Kier alpha value is -3.27. The second-order valence-corrected chi connectivity index (χ2v) is 24.1. The fourth-order valence-corrected chi connectivity index (χ4v) is 9.78. The second-order valence-electron chi connectivity index (χ2n) is 24.1. The number of hydrogen-bond donors (Lipinski definition) is 0. The van der Waals surface area contributed by atoms with Crippen molar-refractivity contribution in [3.05, 3.63) is 72.9 Å². The molecule has 0 amide bonds. The van der Waals surface area contributed by atoms with E-state index in [9.17, 15) is 19.5 Å². The van der Waals surface area contributed by atoms with Crippen LogP contribution in [0.1, 0.15) is 309 Å². The summed E-state index contributed by atoms with van der Waals surface area (Å²) in [5, 5.41) is 11.8. The number of ether oxygens (including phenoxy) is 4. The smallest absolute Gasteiger partial charge is 0.306 e. The summed E-state index contributed by atoms with van der Waals surface area (Å²) in [7, 11) is 5.94. The monoisotopic (exact) mass is 1140 g/mol. The zero-order chi connectivity index (χ0) is 59.1. The van der Waals surface area contributed by atoms with Crippen molar-refractivity contribution in [1.29, 1.82) is 0 Å². The molecule has 0 heterocycles. The van der Waals surface area contributed by atoms with E-state index >= 15 is 0 Å². The minimum atomic E-state index is -1.62.